The highest BCUT2D eigenvalue weighted by atomic mass is 16.4. The van der Waals surface area contributed by atoms with Gasteiger partial charge in [0.1, 0.15) is 0 Å². The molecule has 21 heavy (non-hydrogen) atoms. The van der Waals surface area contributed by atoms with E-state index in [2.05, 4.69) is 5.32 Å². The number of carboxylic acids is 1. The summed E-state index contributed by atoms with van der Waals surface area (Å²) in [7, 11) is 0. The summed E-state index contributed by atoms with van der Waals surface area (Å²) in [6, 6.07) is -0.132. The molecule has 0 saturated heterocycles. The van der Waals surface area contributed by atoms with Gasteiger partial charge in [-0.2, -0.15) is 0 Å². The number of aliphatic carboxylic acids is 1. The first kappa shape index (κ1) is 13.6. The van der Waals surface area contributed by atoms with Crippen molar-refractivity contribution in [1.82, 2.24) is 5.32 Å². The van der Waals surface area contributed by atoms with Gasteiger partial charge >= 0.3 is 5.97 Å². The van der Waals surface area contributed by atoms with Crippen LogP contribution in [0.5, 0.6) is 0 Å². The smallest absolute Gasteiger partial charge is 0.305 e. The number of hydrogen-bond donors (Lipinski definition) is 2. The van der Waals surface area contributed by atoms with Crippen molar-refractivity contribution in [2.24, 2.45) is 35.5 Å². The Balaban J connectivity index is 1.43. The van der Waals surface area contributed by atoms with Gasteiger partial charge in [-0.3, -0.25) is 9.59 Å². The van der Waals surface area contributed by atoms with E-state index in [0.29, 0.717) is 17.8 Å². The maximum absolute atomic E-state index is 12.8. The number of rotatable bonds is 5. The molecule has 1 amide bonds. The molecule has 5 aliphatic rings. The van der Waals surface area contributed by atoms with Gasteiger partial charge in [0.25, 0.3) is 0 Å². The van der Waals surface area contributed by atoms with Crippen molar-refractivity contribution in [2.45, 2.75) is 57.4 Å². The second-order valence-corrected chi connectivity index (χ2v) is 8.01. The molecule has 0 heterocycles. The van der Waals surface area contributed by atoms with Gasteiger partial charge < -0.3 is 10.4 Å². The number of nitrogens with one attached hydrogen (secondary N) is 1. The van der Waals surface area contributed by atoms with Gasteiger partial charge in [-0.05, 0) is 74.5 Å². The van der Waals surface area contributed by atoms with Crippen LogP contribution >= 0.6 is 0 Å². The quantitative estimate of drug-likeness (QED) is 0.817. The van der Waals surface area contributed by atoms with Crippen LogP contribution in [0.1, 0.15) is 51.4 Å². The minimum absolute atomic E-state index is 0.0870. The zero-order valence-corrected chi connectivity index (χ0v) is 12.5. The lowest BCUT2D eigenvalue weighted by molar-refractivity contribution is -0.140. The molecule has 1 unspecified atom stereocenters. The summed E-state index contributed by atoms with van der Waals surface area (Å²) >= 11 is 0. The lowest BCUT2D eigenvalue weighted by Crippen LogP contribution is -2.53. The maximum Gasteiger partial charge on any atom is 0.305 e. The van der Waals surface area contributed by atoms with Gasteiger partial charge in [0.05, 0.1) is 6.42 Å². The predicted octanol–water partition coefficient (Wildman–Crippen LogP) is 2.43. The summed E-state index contributed by atoms with van der Waals surface area (Å²) in [6.07, 6.45) is 8.56. The minimum Gasteiger partial charge on any atom is -0.481 e. The minimum atomic E-state index is -0.794. The summed E-state index contributed by atoms with van der Waals surface area (Å²) in [4.78, 5) is 23.7. The monoisotopic (exact) mass is 291 g/mol. The molecule has 116 valence electrons. The molecule has 5 saturated carbocycles. The average Bonchev–Trinajstić information content (AvgIpc) is 3.19. The van der Waals surface area contributed by atoms with Crippen LogP contribution < -0.4 is 5.32 Å². The Hall–Kier alpha value is -1.06. The van der Waals surface area contributed by atoms with Crippen molar-refractivity contribution in [2.75, 3.05) is 0 Å². The molecule has 4 nitrogen and oxygen atoms in total. The summed E-state index contributed by atoms with van der Waals surface area (Å²) < 4.78 is 0. The molecule has 0 aromatic carbocycles. The zero-order chi connectivity index (χ0) is 14.6. The fraction of sp³-hybridized carbons (Fsp3) is 0.882. The predicted molar refractivity (Wildman–Crippen MR) is 77.4 cm³/mol. The molecule has 0 aromatic heterocycles. The third-order valence-corrected chi connectivity index (χ3v) is 6.44. The number of carbonyl (C=O) groups is 2. The molecule has 0 aliphatic heterocycles. The van der Waals surface area contributed by atoms with E-state index in [0.717, 1.165) is 24.7 Å². The molecule has 0 aromatic rings. The van der Waals surface area contributed by atoms with E-state index in [1.807, 2.05) is 0 Å². The van der Waals surface area contributed by atoms with E-state index in [-0.39, 0.29) is 24.3 Å². The van der Waals surface area contributed by atoms with Crippen LogP contribution in [0.2, 0.25) is 0 Å². The average molecular weight is 291 g/mol. The number of hydrogen-bond acceptors (Lipinski definition) is 2. The van der Waals surface area contributed by atoms with Gasteiger partial charge in [0, 0.05) is 12.0 Å². The Morgan fingerprint density at radius 2 is 1.57 bits per heavy atom. The second kappa shape index (κ2) is 4.99. The molecule has 0 spiro atoms. The highest BCUT2D eigenvalue weighted by molar-refractivity contribution is 5.81. The van der Waals surface area contributed by atoms with Crippen molar-refractivity contribution in [3.8, 4) is 0 Å². The Morgan fingerprint density at radius 1 is 1.00 bits per heavy atom. The van der Waals surface area contributed by atoms with Crippen molar-refractivity contribution in [3.63, 3.8) is 0 Å². The van der Waals surface area contributed by atoms with Gasteiger partial charge in [-0.25, -0.2) is 0 Å². The number of carboxylic acid groups (broad SMARTS) is 1. The van der Waals surface area contributed by atoms with E-state index in [1.54, 1.807) is 0 Å². The van der Waals surface area contributed by atoms with Gasteiger partial charge in [-0.1, -0.05) is 0 Å². The van der Waals surface area contributed by atoms with Crippen LogP contribution in [0.25, 0.3) is 0 Å². The molecule has 5 fully saturated rings. The summed E-state index contributed by atoms with van der Waals surface area (Å²) in [6.45, 7) is 0. The molecule has 4 bridgehead atoms. The third-order valence-electron chi connectivity index (χ3n) is 6.44. The van der Waals surface area contributed by atoms with E-state index in [1.165, 1.54) is 32.1 Å². The van der Waals surface area contributed by atoms with Crippen LogP contribution in [0.3, 0.4) is 0 Å². The standard InChI is InChI=1S/C17H25NO3/c19-15(20)8-14(11-1-2-11)18-17(21)16-12-4-9-3-10(6-12)7-13(16)5-9/h9-14,16H,1-8H2,(H,18,21)(H,19,20). The van der Waals surface area contributed by atoms with E-state index >= 15 is 0 Å². The van der Waals surface area contributed by atoms with Crippen molar-refractivity contribution >= 4 is 11.9 Å². The molecular weight excluding hydrogens is 266 g/mol. The fourth-order valence-corrected chi connectivity index (χ4v) is 5.65. The normalized spacial score (nSPS) is 41.8. The third kappa shape index (κ3) is 2.58. The summed E-state index contributed by atoms with van der Waals surface area (Å²) in [5, 5.41) is 12.2. The van der Waals surface area contributed by atoms with Crippen molar-refractivity contribution in [1.29, 1.82) is 0 Å². The first-order chi connectivity index (χ1) is 10.1. The second-order valence-electron chi connectivity index (χ2n) is 8.01. The van der Waals surface area contributed by atoms with Crippen molar-refractivity contribution < 1.29 is 14.7 Å². The number of carbonyl (C=O) groups excluding carboxylic acids is 1. The van der Waals surface area contributed by atoms with Crippen LogP contribution in [0.4, 0.5) is 0 Å². The topological polar surface area (TPSA) is 66.4 Å². The number of amides is 1. The van der Waals surface area contributed by atoms with E-state index in [9.17, 15) is 9.59 Å². The first-order valence-electron chi connectivity index (χ1n) is 8.62. The largest absolute Gasteiger partial charge is 0.481 e. The first-order valence-corrected chi connectivity index (χ1v) is 8.62. The molecule has 0 radical (unpaired) electrons. The Morgan fingerprint density at radius 3 is 2.05 bits per heavy atom. The zero-order valence-electron chi connectivity index (χ0n) is 12.5. The molecule has 5 aliphatic carbocycles. The Bertz CT molecular complexity index is 429. The van der Waals surface area contributed by atoms with Crippen LogP contribution in [0, 0.1) is 35.5 Å². The lowest BCUT2D eigenvalue weighted by atomic mass is 9.51. The molecule has 5 rings (SSSR count). The van der Waals surface area contributed by atoms with Gasteiger partial charge in [0.15, 0.2) is 0 Å². The van der Waals surface area contributed by atoms with Gasteiger partial charge in [0.2, 0.25) is 5.91 Å². The maximum atomic E-state index is 12.8. The SMILES string of the molecule is O=C(O)CC(NC(=O)C1C2CC3CC(C2)CC1C3)C1CC1. The Labute approximate surface area is 125 Å². The van der Waals surface area contributed by atoms with Gasteiger partial charge in [-0.15, -0.1) is 0 Å². The molecule has 2 N–H and O–H groups in total. The molecular formula is C17H25NO3. The lowest BCUT2D eigenvalue weighted by Gasteiger charge is -2.53. The van der Waals surface area contributed by atoms with E-state index in [4.69, 9.17) is 5.11 Å². The van der Waals surface area contributed by atoms with Crippen molar-refractivity contribution in [3.05, 3.63) is 0 Å². The summed E-state index contributed by atoms with van der Waals surface area (Å²) in [5.41, 5.74) is 0. The van der Waals surface area contributed by atoms with Crippen LogP contribution in [0.15, 0.2) is 0 Å². The highest BCUT2D eigenvalue weighted by Gasteiger charge is 2.51. The summed E-state index contributed by atoms with van der Waals surface area (Å²) in [5.74, 6) is 2.84. The van der Waals surface area contributed by atoms with E-state index < -0.39 is 5.97 Å². The van der Waals surface area contributed by atoms with Crippen LogP contribution in [-0.4, -0.2) is 23.0 Å². The Kier molecular flexibility index (Phi) is 3.23. The fourth-order valence-electron chi connectivity index (χ4n) is 5.65. The van der Waals surface area contributed by atoms with Crippen LogP contribution in [-0.2, 0) is 9.59 Å². The highest BCUT2D eigenvalue weighted by Crippen LogP contribution is 2.56. The molecule has 4 heteroatoms. The molecule has 1 atom stereocenters.